The van der Waals surface area contributed by atoms with Crippen molar-refractivity contribution in [2.45, 2.75) is 19.8 Å². The molecule has 4 rings (SSSR count). The summed E-state index contributed by atoms with van der Waals surface area (Å²) >= 11 is 0. The molecule has 1 amide bonds. The van der Waals surface area contributed by atoms with Gasteiger partial charge in [0, 0.05) is 49.7 Å². The summed E-state index contributed by atoms with van der Waals surface area (Å²) in [5, 5.41) is 26.4. The quantitative estimate of drug-likeness (QED) is 0.533. The van der Waals surface area contributed by atoms with Crippen LogP contribution in [-0.4, -0.2) is 46.8 Å². The minimum Gasteiger partial charge on any atom is -0.368 e. The maximum atomic E-state index is 13.7. The molecule has 0 radical (unpaired) electrons. The van der Waals surface area contributed by atoms with Crippen LogP contribution in [0, 0.1) is 20.2 Å². The fourth-order valence-corrected chi connectivity index (χ4v) is 4.63. The summed E-state index contributed by atoms with van der Waals surface area (Å²) < 4.78 is 0. The minimum absolute atomic E-state index is 0.183. The summed E-state index contributed by atoms with van der Waals surface area (Å²) in [7, 11) is 0. The molecule has 0 aromatic heterocycles. The second-order valence-corrected chi connectivity index (χ2v) is 8.33. The second kappa shape index (κ2) is 9.34. The van der Waals surface area contributed by atoms with Crippen molar-refractivity contribution < 1.29 is 14.6 Å². The monoisotopic (exact) mass is 463 g/mol. The Bertz CT molecular complexity index is 1200. The zero-order chi connectivity index (χ0) is 24.4. The predicted octanol–water partition coefficient (Wildman–Crippen LogP) is 3.41. The highest BCUT2D eigenvalue weighted by atomic mass is 16.6. The van der Waals surface area contributed by atoms with E-state index in [9.17, 15) is 25.0 Å². The van der Waals surface area contributed by atoms with E-state index in [-0.39, 0.29) is 22.9 Å². The number of hydrogen-bond donors (Lipinski definition) is 1. The van der Waals surface area contributed by atoms with Gasteiger partial charge in [0.2, 0.25) is 0 Å². The number of carbonyl (C=O) groups excluding carboxylic acids is 1. The van der Waals surface area contributed by atoms with Crippen molar-refractivity contribution in [2.75, 3.05) is 31.1 Å². The number of para-hydroxylation sites is 1. The third-order valence-corrected chi connectivity index (χ3v) is 6.26. The molecule has 0 bridgehead atoms. The summed E-state index contributed by atoms with van der Waals surface area (Å²) in [6, 6.07) is 15.6. The first-order valence-corrected chi connectivity index (χ1v) is 10.9. The van der Waals surface area contributed by atoms with E-state index in [1.54, 1.807) is 24.8 Å². The van der Waals surface area contributed by atoms with Crippen molar-refractivity contribution in [3.05, 3.63) is 103 Å². The Morgan fingerprint density at radius 3 is 2.21 bits per heavy atom. The molecule has 10 heteroatoms. The normalized spacial score (nSPS) is 18.6. The number of nitro benzene ring substituents is 1. The van der Waals surface area contributed by atoms with E-state index in [0.717, 1.165) is 5.69 Å². The number of allylic oxidation sites excluding steroid dienone is 3. The molecule has 10 nitrogen and oxygen atoms in total. The molecular formula is C24H25N5O5. The van der Waals surface area contributed by atoms with Crippen LogP contribution in [0.4, 0.5) is 11.4 Å². The first-order valence-electron chi connectivity index (χ1n) is 10.9. The number of benzene rings is 2. The van der Waals surface area contributed by atoms with Crippen LogP contribution in [0.15, 0.2) is 77.3 Å². The zero-order valence-corrected chi connectivity index (χ0v) is 18.9. The molecule has 1 N–H and O–H groups in total. The molecule has 1 atom stereocenters. The molecule has 2 aliphatic heterocycles. The van der Waals surface area contributed by atoms with Crippen LogP contribution < -0.4 is 10.2 Å². The molecular weight excluding hydrogens is 438 g/mol. The molecule has 176 valence electrons. The van der Waals surface area contributed by atoms with Gasteiger partial charge in [0.05, 0.1) is 21.1 Å². The van der Waals surface area contributed by atoms with Crippen molar-refractivity contribution in [1.29, 1.82) is 0 Å². The van der Waals surface area contributed by atoms with Crippen molar-refractivity contribution in [3.63, 3.8) is 0 Å². The van der Waals surface area contributed by atoms with E-state index < -0.39 is 15.8 Å². The first-order chi connectivity index (χ1) is 16.3. The zero-order valence-electron chi connectivity index (χ0n) is 18.9. The third-order valence-electron chi connectivity index (χ3n) is 6.26. The Hall–Kier alpha value is -4.21. The van der Waals surface area contributed by atoms with E-state index >= 15 is 0 Å². The maximum Gasteiger partial charge on any atom is 0.277 e. The van der Waals surface area contributed by atoms with E-state index in [2.05, 4.69) is 10.2 Å². The van der Waals surface area contributed by atoms with E-state index in [1.807, 2.05) is 30.3 Å². The number of nitro groups is 2. The number of nitrogens with zero attached hydrogens (tertiary/aromatic N) is 4. The Morgan fingerprint density at radius 2 is 1.59 bits per heavy atom. The lowest BCUT2D eigenvalue weighted by Crippen LogP contribution is -2.50. The molecule has 34 heavy (non-hydrogen) atoms. The smallest absolute Gasteiger partial charge is 0.277 e. The number of amides is 1. The van der Waals surface area contributed by atoms with Gasteiger partial charge >= 0.3 is 0 Å². The Kier molecular flexibility index (Phi) is 6.31. The lowest BCUT2D eigenvalue weighted by atomic mass is 9.83. The van der Waals surface area contributed by atoms with Gasteiger partial charge in [0.1, 0.15) is 5.92 Å². The molecule has 1 unspecified atom stereocenters. The topological polar surface area (TPSA) is 122 Å². The lowest BCUT2D eigenvalue weighted by molar-refractivity contribution is -0.431. The van der Waals surface area contributed by atoms with Crippen LogP contribution in [0.1, 0.15) is 25.3 Å². The van der Waals surface area contributed by atoms with Crippen LogP contribution >= 0.6 is 0 Å². The summed E-state index contributed by atoms with van der Waals surface area (Å²) in [4.78, 5) is 39.9. The number of nitrogens with one attached hydrogen (secondary N) is 1. The average Bonchev–Trinajstić information content (AvgIpc) is 2.83. The molecule has 1 fully saturated rings. The largest absolute Gasteiger partial charge is 0.368 e. The highest BCUT2D eigenvalue weighted by molar-refractivity contribution is 5.97. The van der Waals surface area contributed by atoms with Crippen molar-refractivity contribution in [1.82, 2.24) is 10.2 Å². The standard InChI is InChI=1S/C24H25N5O5/c1-16-21(24(30)27-13-11-26(12-14-27)19-8-4-3-5-9-19)22(23(29(33)34)17(2)25-16)18-7-6-10-20(15-18)28(31)32/h3-10,15,22,25H,11-14H2,1-2H3. The van der Waals surface area contributed by atoms with Crippen LogP contribution in [0.2, 0.25) is 0 Å². The molecule has 0 saturated carbocycles. The molecule has 2 aromatic rings. The minimum atomic E-state index is -1.02. The van der Waals surface area contributed by atoms with Crippen molar-refractivity contribution >= 4 is 17.3 Å². The number of piperazine rings is 1. The summed E-state index contributed by atoms with van der Waals surface area (Å²) in [5.41, 5.74) is 2.11. The summed E-state index contributed by atoms with van der Waals surface area (Å²) in [5.74, 6) is -1.32. The Morgan fingerprint density at radius 1 is 0.912 bits per heavy atom. The molecule has 2 aliphatic rings. The van der Waals surface area contributed by atoms with Crippen LogP contribution in [0.3, 0.4) is 0 Å². The van der Waals surface area contributed by atoms with Gasteiger partial charge in [-0.15, -0.1) is 0 Å². The molecule has 1 saturated heterocycles. The number of dihydropyridines is 1. The molecule has 0 spiro atoms. The van der Waals surface area contributed by atoms with Crippen LogP contribution in [-0.2, 0) is 4.79 Å². The lowest BCUT2D eigenvalue weighted by Gasteiger charge is -2.38. The van der Waals surface area contributed by atoms with E-state index in [0.29, 0.717) is 43.1 Å². The summed E-state index contributed by atoms with van der Waals surface area (Å²) in [6.45, 7) is 5.47. The SMILES string of the molecule is CC1=C(C(=O)N2CCN(c3ccccc3)CC2)C(c2cccc([N+](=O)[O-])c2)C([N+](=O)[O-])=C(C)N1. The Labute approximate surface area is 196 Å². The third kappa shape index (κ3) is 4.34. The van der Waals surface area contributed by atoms with E-state index in [4.69, 9.17) is 0 Å². The van der Waals surface area contributed by atoms with Gasteiger partial charge in [-0.05, 0) is 31.5 Å². The number of hydrogen-bond acceptors (Lipinski definition) is 7. The first kappa shape index (κ1) is 23.0. The molecule has 2 heterocycles. The fraction of sp³-hybridized carbons (Fsp3) is 0.292. The highest BCUT2D eigenvalue weighted by Crippen LogP contribution is 2.40. The van der Waals surface area contributed by atoms with Gasteiger partial charge in [0.15, 0.2) is 0 Å². The van der Waals surface area contributed by atoms with Gasteiger partial charge in [-0.2, -0.15) is 0 Å². The molecule has 2 aromatic carbocycles. The van der Waals surface area contributed by atoms with Gasteiger partial charge in [-0.1, -0.05) is 30.3 Å². The number of anilines is 1. The average molecular weight is 463 g/mol. The van der Waals surface area contributed by atoms with Crippen molar-refractivity contribution in [2.24, 2.45) is 0 Å². The van der Waals surface area contributed by atoms with E-state index in [1.165, 1.54) is 18.2 Å². The highest BCUT2D eigenvalue weighted by Gasteiger charge is 2.42. The summed E-state index contributed by atoms with van der Waals surface area (Å²) in [6.07, 6.45) is 0. The maximum absolute atomic E-state index is 13.7. The van der Waals surface area contributed by atoms with Crippen LogP contribution in [0.25, 0.3) is 0 Å². The van der Waals surface area contributed by atoms with Crippen LogP contribution in [0.5, 0.6) is 0 Å². The molecule has 0 aliphatic carbocycles. The second-order valence-electron chi connectivity index (χ2n) is 8.33. The van der Waals surface area contributed by atoms with Gasteiger partial charge in [-0.3, -0.25) is 25.0 Å². The van der Waals surface area contributed by atoms with Gasteiger partial charge in [-0.25, -0.2) is 0 Å². The van der Waals surface area contributed by atoms with Gasteiger partial charge < -0.3 is 15.1 Å². The number of non-ortho nitro benzene ring substituents is 1. The number of rotatable bonds is 5. The van der Waals surface area contributed by atoms with Gasteiger partial charge in [0.25, 0.3) is 17.3 Å². The predicted molar refractivity (Wildman–Crippen MR) is 127 cm³/mol. The number of carbonyl (C=O) groups is 1. The van der Waals surface area contributed by atoms with Crippen molar-refractivity contribution in [3.8, 4) is 0 Å². The fourth-order valence-electron chi connectivity index (χ4n) is 4.63. The Balaban J connectivity index is 1.67.